The molecule has 0 aliphatic rings. The Bertz CT molecular complexity index is 635. The van der Waals surface area contributed by atoms with Crippen molar-refractivity contribution in [1.82, 2.24) is 10.1 Å². The molecule has 0 spiro atoms. The van der Waals surface area contributed by atoms with Crippen LogP contribution in [0.2, 0.25) is 0 Å². The highest BCUT2D eigenvalue weighted by Gasteiger charge is 2.18. The van der Waals surface area contributed by atoms with Gasteiger partial charge in [0.25, 0.3) is 5.91 Å². The van der Waals surface area contributed by atoms with Gasteiger partial charge in [0.2, 0.25) is 0 Å². The van der Waals surface area contributed by atoms with Crippen LogP contribution in [0.15, 0.2) is 27.2 Å². The summed E-state index contributed by atoms with van der Waals surface area (Å²) in [7, 11) is 1.78. The fraction of sp³-hybridized carbons (Fsp3) is 0.286. The molecule has 4 nitrogen and oxygen atoms in total. The van der Waals surface area contributed by atoms with E-state index in [9.17, 15) is 4.79 Å². The van der Waals surface area contributed by atoms with Gasteiger partial charge in [0.1, 0.15) is 5.76 Å². The number of carbonyl (C=O) groups is 1. The first-order valence-corrected chi connectivity index (χ1v) is 7.89. The smallest absolute Gasteiger partial charge is 0.255 e. The van der Waals surface area contributed by atoms with E-state index in [2.05, 4.69) is 43.7 Å². The number of nitrogens with zero attached hydrogens (tertiary/aromatic N) is 2. The maximum absolute atomic E-state index is 12.5. The van der Waals surface area contributed by atoms with Gasteiger partial charge in [-0.25, -0.2) is 0 Å². The van der Waals surface area contributed by atoms with Gasteiger partial charge >= 0.3 is 0 Å². The first-order valence-electron chi connectivity index (χ1n) is 6.02. The molecule has 0 bridgehead atoms. The maximum Gasteiger partial charge on any atom is 0.255 e. The SMILES string of the molecule is Cc1noc(C)c1CN(C)C(=O)c1cc(I)ccc1Br. The average Bonchev–Trinajstić information content (AvgIpc) is 2.72. The molecular formula is C14H14BrIN2O2. The quantitative estimate of drug-likeness (QED) is 0.668. The summed E-state index contributed by atoms with van der Waals surface area (Å²) in [5.41, 5.74) is 2.44. The molecule has 20 heavy (non-hydrogen) atoms. The zero-order valence-corrected chi connectivity index (χ0v) is 15.1. The molecule has 2 aromatic rings. The number of carbonyl (C=O) groups excluding carboxylic acids is 1. The zero-order valence-electron chi connectivity index (χ0n) is 11.4. The monoisotopic (exact) mass is 448 g/mol. The Labute approximate surface area is 139 Å². The predicted octanol–water partition coefficient (Wildman–Crippen LogP) is 3.93. The van der Waals surface area contributed by atoms with Crippen LogP contribution in [-0.2, 0) is 6.54 Å². The minimum Gasteiger partial charge on any atom is -0.361 e. The van der Waals surface area contributed by atoms with E-state index in [0.29, 0.717) is 12.1 Å². The van der Waals surface area contributed by atoms with E-state index in [0.717, 1.165) is 25.1 Å². The second kappa shape index (κ2) is 6.26. The van der Waals surface area contributed by atoms with Crippen LogP contribution in [0.3, 0.4) is 0 Å². The van der Waals surface area contributed by atoms with E-state index in [4.69, 9.17) is 4.52 Å². The Hall–Kier alpha value is -0.890. The second-order valence-electron chi connectivity index (χ2n) is 4.59. The molecule has 0 aliphatic heterocycles. The van der Waals surface area contributed by atoms with E-state index in [1.165, 1.54) is 0 Å². The molecule has 0 aliphatic carbocycles. The Morgan fingerprint density at radius 2 is 2.15 bits per heavy atom. The molecule has 1 amide bonds. The molecule has 0 unspecified atom stereocenters. The topological polar surface area (TPSA) is 46.3 Å². The lowest BCUT2D eigenvalue weighted by Gasteiger charge is -2.18. The minimum atomic E-state index is -0.0320. The summed E-state index contributed by atoms with van der Waals surface area (Å²) < 4.78 is 6.95. The van der Waals surface area contributed by atoms with Crippen molar-refractivity contribution in [3.8, 4) is 0 Å². The third-order valence-electron chi connectivity index (χ3n) is 3.08. The van der Waals surface area contributed by atoms with E-state index in [-0.39, 0.29) is 5.91 Å². The molecule has 2 rings (SSSR count). The number of hydrogen-bond acceptors (Lipinski definition) is 3. The Morgan fingerprint density at radius 1 is 1.45 bits per heavy atom. The number of rotatable bonds is 3. The number of aromatic nitrogens is 1. The highest BCUT2D eigenvalue weighted by atomic mass is 127. The molecule has 1 heterocycles. The van der Waals surface area contributed by atoms with Crippen LogP contribution >= 0.6 is 38.5 Å². The second-order valence-corrected chi connectivity index (χ2v) is 6.69. The first-order chi connectivity index (χ1) is 9.40. The van der Waals surface area contributed by atoms with Crippen molar-refractivity contribution in [1.29, 1.82) is 0 Å². The molecule has 0 fully saturated rings. The van der Waals surface area contributed by atoms with Gasteiger partial charge in [-0.2, -0.15) is 0 Å². The van der Waals surface area contributed by atoms with Gasteiger partial charge in [-0.3, -0.25) is 4.79 Å². The van der Waals surface area contributed by atoms with Crippen molar-refractivity contribution in [3.63, 3.8) is 0 Å². The highest BCUT2D eigenvalue weighted by Crippen LogP contribution is 2.22. The summed E-state index contributed by atoms with van der Waals surface area (Å²) in [5.74, 6) is 0.722. The third-order valence-corrected chi connectivity index (χ3v) is 4.44. The van der Waals surface area contributed by atoms with Gasteiger partial charge in [0, 0.05) is 20.7 Å². The molecule has 106 valence electrons. The lowest BCUT2D eigenvalue weighted by atomic mass is 10.1. The molecule has 6 heteroatoms. The van der Waals surface area contributed by atoms with E-state index in [1.807, 2.05) is 32.0 Å². The van der Waals surface area contributed by atoms with E-state index < -0.39 is 0 Å². The third kappa shape index (κ3) is 3.22. The van der Waals surface area contributed by atoms with Gasteiger partial charge < -0.3 is 9.42 Å². The highest BCUT2D eigenvalue weighted by molar-refractivity contribution is 14.1. The normalized spacial score (nSPS) is 10.7. The van der Waals surface area contributed by atoms with Gasteiger partial charge in [0.15, 0.2) is 0 Å². The van der Waals surface area contributed by atoms with Crippen molar-refractivity contribution in [3.05, 3.63) is 48.8 Å². The molecule has 0 saturated heterocycles. The number of aryl methyl sites for hydroxylation is 2. The van der Waals surface area contributed by atoms with Gasteiger partial charge in [-0.05, 0) is 70.6 Å². The van der Waals surface area contributed by atoms with Gasteiger partial charge in [0.05, 0.1) is 17.8 Å². The van der Waals surface area contributed by atoms with E-state index >= 15 is 0 Å². The van der Waals surface area contributed by atoms with Gasteiger partial charge in [-0.15, -0.1) is 0 Å². The molecule has 1 aromatic heterocycles. The number of benzene rings is 1. The van der Waals surface area contributed by atoms with Crippen molar-refractivity contribution >= 4 is 44.4 Å². The van der Waals surface area contributed by atoms with Crippen LogP contribution in [0.25, 0.3) is 0 Å². The number of hydrogen-bond donors (Lipinski definition) is 0. The summed E-state index contributed by atoms with van der Waals surface area (Å²) in [4.78, 5) is 14.2. The molecule has 0 saturated carbocycles. The molecule has 0 radical (unpaired) electrons. The summed E-state index contributed by atoms with van der Waals surface area (Å²) >= 11 is 5.62. The van der Waals surface area contributed by atoms with Gasteiger partial charge in [-0.1, -0.05) is 5.16 Å². The number of amides is 1. The van der Waals surface area contributed by atoms with Crippen LogP contribution < -0.4 is 0 Å². The average molecular weight is 449 g/mol. The van der Waals surface area contributed by atoms with Crippen molar-refractivity contribution in [2.75, 3.05) is 7.05 Å². The maximum atomic E-state index is 12.5. The Balaban J connectivity index is 2.23. The fourth-order valence-electron chi connectivity index (χ4n) is 1.90. The standard InChI is InChI=1S/C14H14BrIN2O2/c1-8-12(9(2)20-17-8)7-18(3)14(19)11-6-10(16)4-5-13(11)15/h4-6H,7H2,1-3H3. The first kappa shape index (κ1) is 15.5. The summed E-state index contributed by atoms with van der Waals surface area (Å²) in [6.45, 7) is 4.22. The van der Waals surface area contributed by atoms with Crippen LogP contribution in [0.4, 0.5) is 0 Å². The predicted molar refractivity (Wildman–Crippen MR) is 88.6 cm³/mol. The van der Waals surface area contributed by atoms with Crippen LogP contribution in [0.1, 0.15) is 27.4 Å². The van der Waals surface area contributed by atoms with Crippen LogP contribution in [-0.4, -0.2) is 23.0 Å². The molecule has 0 atom stereocenters. The zero-order chi connectivity index (χ0) is 14.9. The van der Waals surface area contributed by atoms with Crippen molar-refractivity contribution < 1.29 is 9.32 Å². The Morgan fingerprint density at radius 3 is 2.75 bits per heavy atom. The van der Waals surface area contributed by atoms with Crippen LogP contribution in [0.5, 0.6) is 0 Å². The summed E-state index contributed by atoms with van der Waals surface area (Å²) in [6.07, 6.45) is 0. The Kier molecular flexibility index (Phi) is 4.85. The largest absolute Gasteiger partial charge is 0.361 e. The summed E-state index contributed by atoms with van der Waals surface area (Å²) in [6, 6.07) is 5.71. The summed E-state index contributed by atoms with van der Waals surface area (Å²) in [5, 5.41) is 3.91. The van der Waals surface area contributed by atoms with Crippen LogP contribution in [0, 0.1) is 17.4 Å². The lowest BCUT2D eigenvalue weighted by molar-refractivity contribution is 0.0783. The molecule has 1 aromatic carbocycles. The van der Waals surface area contributed by atoms with E-state index in [1.54, 1.807) is 11.9 Å². The fourth-order valence-corrected chi connectivity index (χ4v) is 2.81. The molecular weight excluding hydrogens is 435 g/mol. The minimum absolute atomic E-state index is 0.0320. The van der Waals surface area contributed by atoms with Crippen molar-refractivity contribution in [2.24, 2.45) is 0 Å². The van der Waals surface area contributed by atoms with Crippen molar-refractivity contribution in [2.45, 2.75) is 20.4 Å². The lowest BCUT2D eigenvalue weighted by Crippen LogP contribution is -2.27. The number of halogens is 2. The molecule has 0 N–H and O–H groups in total.